The Morgan fingerprint density at radius 1 is 1.60 bits per heavy atom. The number of imidazole rings is 1. The second-order valence-corrected chi connectivity index (χ2v) is 3.65. The van der Waals surface area contributed by atoms with Gasteiger partial charge < -0.3 is 0 Å². The Kier molecular flexibility index (Phi) is 3.34. The SMILES string of the molecule is Cn1cc[n+](CC[CH2][Zr+4])c1. The molecule has 0 aliphatic carbocycles. The van der Waals surface area contributed by atoms with Crippen LogP contribution in [0.25, 0.3) is 0 Å². The maximum absolute atomic E-state index is 2.23. The number of hydrogen-bond donors (Lipinski definition) is 0. The zero-order valence-corrected chi connectivity index (χ0v) is 8.71. The molecule has 0 N–H and O–H groups in total. The molecule has 0 fully saturated rings. The van der Waals surface area contributed by atoms with Gasteiger partial charge in [0.15, 0.2) is 0 Å². The molecule has 0 radical (unpaired) electrons. The van der Waals surface area contributed by atoms with Crippen molar-refractivity contribution >= 4 is 0 Å². The third-order valence-electron chi connectivity index (χ3n) is 1.42. The number of hydrogen-bond acceptors (Lipinski definition) is 0. The topological polar surface area (TPSA) is 8.81 Å². The fourth-order valence-corrected chi connectivity index (χ4v) is 1.28. The Labute approximate surface area is 76.7 Å². The van der Waals surface area contributed by atoms with E-state index >= 15 is 0 Å². The van der Waals surface area contributed by atoms with Crippen molar-refractivity contribution < 1.29 is 29.3 Å². The number of rotatable bonds is 3. The first kappa shape index (κ1) is 8.19. The van der Waals surface area contributed by atoms with Gasteiger partial charge in [-0.1, -0.05) is 0 Å². The van der Waals surface area contributed by atoms with E-state index in [2.05, 4.69) is 27.9 Å². The van der Waals surface area contributed by atoms with E-state index in [4.69, 9.17) is 0 Å². The second-order valence-electron chi connectivity index (χ2n) is 2.42. The molecule has 0 bridgehead atoms. The quantitative estimate of drug-likeness (QED) is 0.655. The van der Waals surface area contributed by atoms with Gasteiger partial charge in [0.25, 0.3) is 0 Å². The molecule has 10 heavy (non-hydrogen) atoms. The Hall–Kier alpha value is 0.0931. The Bertz CT molecular complexity index is 195. The summed E-state index contributed by atoms with van der Waals surface area (Å²) in [5.74, 6) is 0. The average Bonchev–Trinajstić information content (AvgIpc) is 2.31. The normalized spacial score (nSPS) is 10.3. The van der Waals surface area contributed by atoms with Crippen LogP contribution in [-0.4, -0.2) is 4.57 Å². The Balaban J connectivity index is 2.42. The molecule has 0 aliphatic rings. The van der Waals surface area contributed by atoms with E-state index in [1.165, 1.54) is 17.1 Å². The van der Waals surface area contributed by atoms with Gasteiger partial charge in [0.05, 0.1) is 0 Å². The third-order valence-corrected chi connectivity index (χ3v) is 2.29. The molecule has 0 amide bonds. The van der Waals surface area contributed by atoms with Crippen molar-refractivity contribution in [1.29, 1.82) is 0 Å². The van der Waals surface area contributed by atoms with Crippen LogP contribution in [0.5, 0.6) is 0 Å². The molecule has 0 aromatic carbocycles. The first-order valence-electron chi connectivity index (χ1n) is 3.48. The summed E-state index contributed by atoms with van der Waals surface area (Å²) in [6.07, 6.45) is 7.62. The van der Waals surface area contributed by atoms with Crippen molar-refractivity contribution in [2.24, 2.45) is 7.05 Å². The minimum atomic E-state index is 1.17. The summed E-state index contributed by atoms with van der Waals surface area (Å²) in [6, 6.07) is 0. The van der Waals surface area contributed by atoms with Crippen molar-refractivity contribution in [1.82, 2.24) is 4.57 Å². The molecule has 0 spiro atoms. The van der Waals surface area contributed by atoms with Crippen molar-refractivity contribution in [2.45, 2.75) is 17.1 Å². The van der Waals surface area contributed by atoms with Crippen molar-refractivity contribution in [3.63, 3.8) is 0 Å². The van der Waals surface area contributed by atoms with E-state index in [0.717, 1.165) is 0 Å². The van der Waals surface area contributed by atoms with Crippen LogP contribution in [0.3, 0.4) is 0 Å². The molecule has 2 nitrogen and oxygen atoms in total. The molecule has 1 aromatic rings. The predicted molar refractivity (Wildman–Crippen MR) is 35.0 cm³/mol. The van der Waals surface area contributed by atoms with Crippen molar-refractivity contribution in [3.8, 4) is 0 Å². The third kappa shape index (κ3) is 2.38. The first-order valence-corrected chi connectivity index (χ1v) is 5.22. The summed E-state index contributed by atoms with van der Waals surface area (Å²) in [6.45, 7) is 1.17. The van der Waals surface area contributed by atoms with Crippen LogP contribution in [0.4, 0.5) is 0 Å². The molecule has 0 atom stereocenters. The van der Waals surface area contributed by atoms with E-state index in [0.29, 0.717) is 0 Å². The first-order chi connectivity index (χ1) is 4.83. The van der Waals surface area contributed by atoms with Crippen molar-refractivity contribution in [2.75, 3.05) is 0 Å². The van der Waals surface area contributed by atoms with Gasteiger partial charge in [-0.2, -0.15) is 0 Å². The molecule has 49 valence electrons. The average molecular weight is 215 g/mol. The zero-order chi connectivity index (χ0) is 7.40. The van der Waals surface area contributed by atoms with Crippen LogP contribution in [-0.2, 0) is 38.3 Å². The summed E-state index contributed by atoms with van der Waals surface area (Å²) in [4.78, 5) is 0. The van der Waals surface area contributed by atoms with Crippen molar-refractivity contribution in [3.05, 3.63) is 18.7 Å². The summed E-state index contributed by atoms with van der Waals surface area (Å²) in [5, 5.41) is 0. The Morgan fingerprint density at radius 3 is 2.90 bits per heavy atom. The Morgan fingerprint density at radius 2 is 2.40 bits per heavy atom. The van der Waals surface area contributed by atoms with Gasteiger partial charge in [-0.3, -0.25) is 0 Å². The zero-order valence-electron chi connectivity index (χ0n) is 6.25. The summed E-state index contributed by atoms with van der Waals surface area (Å²) in [7, 11) is 2.05. The number of aryl methyl sites for hydroxylation is 2. The standard InChI is InChI=1S/C7H12N2.Zr/c1-3-4-9-6-5-8(2)7-9;/h5-7H,1,3-4H2,2H3;/q+1;+4. The number of nitrogens with zero attached hydrogens (tertiary/aromatic N) is 2. The molecule has 3 heteroatoms. The fraction of sp³-hybridized carbons (Fsp3) is 0.571. The van der Waals surface area contributed by atoms with Gasteiger partial charge in [-0.25, -0.2) is 0 Å². The summed E-state index contributed by atoms with van der Waals surface area (Å²) < 4.78 is 5.65. The summed E-state index contributed by atoms with van der Waals surface area (Å²) in [5.41, 5.74) is 0. The fourth-order valence-electron chi connectivity index (χ4n) is 0.896. The van der Waals surface area contributed by atoms with Crippen LogP contribution < -0.4 is 4.57 Å². The van der Waals surface area contributed by atoms with Gasteiger partial charge in [0.1, 0.15) is 0 Å². The monoisotopic (exact) mass is 214 g/mol. The molecule has 1 aromatic heterocycles. The molecular formula is C7H12N2Zr+5. The van der Waals surface area contributed by atoms with Gasteiger partial charge in [-0.05, 0) is 0 Å². The number of aromatic nitrogens is 2. The minimum absolute atomic E-state index is 1.17. The van der Waals surface area contributed by atoms with Crippen LogP contribution in [0.15, 0.2) is 18.7 Å². The molecule has 0 saturated heterocycles. The van der Waals surface area contributed by atoms with Gasteiger partial charge >= 0.3 is 76.7 Å². The maximum atomic E-state index is 2.23. The van der Waals surface area contributed by atoms with E-state index in [-0.39, 0.29) is 0 Å². The molecule has 1 rings (SSSR count). The van der Waals surface area contributed by atoms with E-state index in [1.807, 2.05) is 7.05 Å². The molecule has 1 heterocycles. The van der Waals surface area contributed by atoms with Gasteiger partial charge in [0, 0.05) is 0 Å². The molecule has 0 unspecified atom stereocenters. The van der Waals surface area contributed by atoms with Crippen LogP contribution >= 0.6 is 0 Å². The predicted octanol–water partition coefficient (Wildman–Crippen LogP) is 0.668. The van der Waals surface area contributed by atoms with Crippen LogP contribution in [0.1, 0.15) is 6.42 Å². The van der Waals surface area contributed by atoms with E-state index < -0.39 is 0 Å². The second kappa shape index (κ2) is 4.07. The molecule has 0 saturated carbocycles. The van der Waals surface area contributed by atoms with Crippen LogP contribution in [0, 0.1) is 0 Å². The van der Waals surface area contributed by atoms with E-state index in [1.54, 1.807) is 24.7 Å². The van der Waals surface area contributed by atoms with Crippen LogP contribution in [0.2, 0.25) is 4.13 Å². The molecular weight excluding hydrogens is 203 g/mol. The molecule has 0 aliphatic heterocycles. The summed E-state index contributed by atoms with van der Waals surface area (Å²) >= 11 is 1.64. The van der Waals surface area contributed by atoms with Gasteiger partial charge in [0.2, 0.25) is 0 Å². The van der Waals surface area contributed by atoms with Gasteiger partial charge in [-0.15, -0.1) is 0 Å². The van der Waals surface area contributed by atoms with E-state index in [9.17, 15) is 0 Å².